The largest absolute Gasteiger partial charge is 0.481 e. The minimum absolute atomic E-state index is 0.0574. The molecule has 2 aromatic heterocycles. The van der Waals surface area contributed by atoms with Gasteiger partial charge in [0.25, 0.3) is 0 Å². The van der Waals surface area contributed by atoms with Gasteiger partial charge in [-0.25, -0.2) is 4.39 Å². The molecule has 0 bridgehead atoms. The van der Waals surface area contributed by atoms with Gasteiger partial charge in [0.2, 0.25) is 5.91 Å². The van der Waals surface area contributed by atoms with Crippen LogP contribution in [-0.2, 0) is 42.0 Å². The second-order valence-electron chi connectivity index (χ2n) is 7.69. The van der Waals surface area contributed by atoms with Crippen molar-refractivity contribution in [1.29, 1.82) is 0 Å². The zero-order valence-electron chi connectivity index (χ0n) is 18.1. The van der Waals surface area contributed by atoms with Crippen molar-refractivity contribution in [3.63, 3.8) is 0 Å². The predicted molar refractivity (Wildman–Crippen MR) is 115 cm³/mol. The van der Waals surface area contributed by atoms with Crippen LogP contribution in [0.1, 0.15) is 34.9 Å². The molecule has 0 spiro atoms. The number of nitrogens with zero attached hydrogens (tertiary/aromatic N) is 3. The number of halogens is 4. The summed E-state index contributed by atoms with van der Waals surface area (Å²) in [6, 6.07) is 7.81. The van der Waals surface area contributed by atoms with Crippen LogP contribution in [0.2, 0.25) is 0 Å². The second kappa shape index (κ2) is 10.4. The van der Waals surface area contributed by atoms with Crippen molar-refractivity contribution in [2.75, 3.05) is 0 Å². The molecule has 0 saturated carbocycles. The number of hydrogen-bond acceptors (Lipinski definition) is 4. The fraction of sp³-hybridized carbons (Fsp3) is 0.250. The van der Waals surface area contributed by atoms with Crippen LogP contribution in [0.3, 0.4) is 0 Å². The Morgan fingerprint density at radius 3 is 2.35 bits per heavy atom. The minimum Gasteiger partial charge on any atom is -0.481 e. The Morgan fingerprint density at radius 2 is 1.76 bits per heavy atom. The van der Waals surface area contributed by atoms with Gasteiger partial charge >= 0.3 is 12.1 Å². The summed E-state index contributed by atoms with van der Waals surface area (Å²) in [4.78, 5) is 32.7. The van der Waals surface area contributed by atoms with Gasteiger partial charge in [0.15, 0.2) is 0 Å². The molecular weight excluding hydrogens is 454 g/mol. The molecular formula is C24H21F4N3O3. The third-order valence-electron chi connectivity index (χ3n) is 5.10. The maximum absolute atomic E-state index is 13.4. The number of carbonyl (C=O) groups excluding carboxylic acids is 1. The molecule has 2 heterocycles. The van der Waals surface area contributed by atoms with Gasteiger partial charge in [0, 0.05) is 44.2 Å². The highest BCUT2D eigenvalue weighted by atomic mass is 19.4. The van der Waals surface area contributed by atoms with E-state index in [0.717, 1.165) is 12.1 Å². The number of amides is 1. The topological polar surface area (TPSA) is 83.4 Å². The zero-order chi connectivity index (χ0) is 24.9. The van der Waals surface area contributed by atoms with Crippen LogP contribution in [-0.4, -0.2) is 31.9 Å². The monoisotopic (exact) mass is 475 g/mol. The van der Waals surface area contributed by atoms with E-state index in [1.54, 1.807) is 12.1 Å². The van der Waals surface area contributed by atoms with Crippen LogP contribution in [0.25, 0.3) is 11.1 Å². The molecule has 34 heavy (non-hydrogen) atoms. The van der Waals surface area contributed by atoms with Crippen molar-refractivity contribution in [2.45, 2.75) is 39.3 Å². The molecule has 6 nitrogen and oxygen atoms in total. The van der Waals surface area contributed by atoms with Gasteiger partial charge in [-0.15, -0.1) is 0 Å². The van der Waals surface area contributed by atoms with Crippen molar-refractivity contribution < 1.29 is 32.3 Å². The molecule has 10 heteroatoms. The van der Waals surface area contributed by atoms with E-state index in [-0.39, 0.29) is 36.7 Å². The number of carbonyl (C=O) groups is 2. The molecule has 0 aliphatic heterocycles. The van der Waals surface area contributed by atoms with E-state index in [4.69, 9.17) is 5.11 Å². The number of aliphatic carboxylic acids is 1. The number of pyridine rings is 2. The molecule has 0 fully saturated rings. The molecule has 0 atom stereocenters. The Hall–Kier alpha value is -3.82. The number of hydrogen-bond donors (Lipinski definition) is 1. The van der Waals surface area contributed by atoms with Crippen LogP contribution in [0.15, 0.2) is 55.0 Å². The van der Waals surface area contributed by atoms with E-state index < -0.39 is 24.4 Å². The lowest BCUT2D eigenvalue weighted by molar-refractivity contribution is -0.138. The maximum atomic E-state index is 13.4. The number of carboxylic acid groups (broad SMARTS) is 1. The van der Waals surface area contributed by atoms with Crippen molar-refractivity contribution in [3.8, 4) is 11.1 Å². The lowest BCUT2D eigenvalue weighted by Gasteiger charge is -2.24. The number of alkyl halides is 4. The van der Waals surface area contributed by atoms with E-state index in [1.807, 2.05) is 0 Å². The summed E-state index contributed by atoms with van der Waals surface area (Å²) in [6.45, 7) is 0.468. The van der Waals surface area contributed by atoms with E-state index in [1.165, 1.54) is 42.5 Å². The van der Waals surface area contributed by atoms with Gasteiger partial charge in [-0.05, 0) is 46.5 Å². The predicted octanol–water partition coefficient (Wildman–Crippen LogP) is 4.81. The molecule has 3 rings (SSSR count). The van der Waals surface area contributed by atoms with Crippen LogP contribution in [0.4, 0.5) is 17.6 Å². The Kier molecular flexibility index (Phi) is 7.60. The number of carboxylic acids is 1. The summed E-state index contributed by atoms with van der Waals surface area (Å²) in [5.41, 5.74) is 1.37. The van der Waals surface area contributed by atoms with Gasteiger partial charge in [-0.3, -0.25) is 19.6 Å². The van der Waals surface area contributed by atoms with Crippen LogP contribution >= 0.6 is 0 Å². The third-order valence-corrected chi connectivity index (χ3v) is 5.10. The summed E-state index contributed by atoms with van der Waals surface area (Å²) in [5, 5.41) is 9.04. The van der Waals surface area contributed by atoms with Gasteiger partial charge < -0.3 is 10.0 Å². The Bertz CT molecular complexity index is 1180. The van der Waals surface area contributed by atoms with Crippen molar-refractivity contribution in [3.05, 3.63) is 82.9 Å². The van der Waals surface area contributed by atoms with E-state index in [9.17, 15) is 27.2 Å². The molecule has 1 N–H and O–H groups in total. The van der Waals surface area contributed by atoms with Gasteiger partial charge in [0.1, 0.15) is 6.67 Å². The molecule has 1 aromatic carbocycles. The summed E-state index contributed by atoms with van der Waals surface area (Å²) in [6.07, 6.45) is -0.675. The molecule has 0 unspecified atom stereocenters. The molecule has 1 amide bonds. The normalized spacial score (nSPS) is 11.3. The summed E-state index contributed by atoms with van der Waals surface area (Å²) < 4.78 is 53.0. The van der Waals surface area contributed by atoms with Gasteiger partial charge in [-0.1, -0.05) is 12.1 Å². The lowest BCUT2D eigenvalue weighted by atomic mass is 9.96. The van der Waals surface area contributed by atoms with Crippen LogP contribution < -0.4 is 0 Å². The van der Waals surface area contributed by atoms with Gasteiger partial charge in [0.05, 0.1) is 17.7 Å². The first-order valence-electron chi connectivity index (χ1n) is 10.2. The average Bonchev–Trinajstić information content (AvgIpc) is 2.78. The summed E-state index contributed by atoms with van der Waals surface area (Å²) in [7, 11) is 0. The lowest BCUT2D eigenvalue weighted by Crippen LogP contribution is -2.28. The fourth-order valence-corrected chi connectivity index (χ4v) is 3.42. The van der Waals surface area contributed by atoms with E-state index >= 15 is 0 Å². The highest BCUT2D eigenvalue weighted by Gasteiger charge is 2.31. The van der Waals surface area contributed by atoms with Gasteiger partial charge in [-0.2, -0.15) is 13.2 Å². The van der Waals surface area contributed by atoms with Crippen molar-refractivity contribution in [2.24, 2.45) is 0 Å². The molecule has 0 saturated heterocycles. The zero-order valence-corrected chi connectivity index (χ0v) is 18.1. The Morgan fingerprint density at radius 1 is 1.00 bits per heavy atom. The van der Waals surface area contributed by atoms with E-state index in [0.29, 0.717) is 22.3 Å². The van der Waals surface area contributed by atoms with Crippen LogP contribution in [0.5, 0.6) is 0 Å². The number of rotatable bonds is 8. The Labute approximate surface area is 192 Å². The molecule has 0 radical (unpaired) electrons. The van der Waals surface area contributed by atoms with Crippen molar-refractivity contribution >= 4 is 11.9 Å². The first-order valence-corrected chi connectivity index (χ1v) is 10.2. The maximum Gasteiger partial charge on any atom is 0.416 e. The highest BCUT2D eigenvalue weighted by Crippen LogP contribution is 2.34. The minimum atomic E-state index is -4.59. The Balaban J connectivity index is 2.01. The fourth-order valence-electron chi connectivity index (χ4n) is 3.42. The standard InChI is InChI=1S/C24H21F4N3O3/c1-15(32)31(13-16-2-4-21(9-25)30-11-16)14-19-8-20(24(26,27)28)3-5-22(19)18-6-17(7-23(33)34)10-29-12-18/h2-6,8,10-12H,7,9,13-14H2,1H3,(H,33,34). The van der Waals surface area contributed by atoms with Crippen LogP contribution in [0, 0.1) is 0 Å². The molecule has 178 valence electrons. The second-order valence-corrected chi connectivity index (χ2v) is 7.69. The summed E-state index contributed by atoms with van der Waals surface area (Å²) >= 11 is 0. The molecule has 3 aromatic rings. The highest BCUT2D eigenvalue weighted by molar-refractivity contribution is 5.75. The molecule has 0 aliphatic rings. The first kappa shape index (κ1) is 24.8. The average molecular weight is 475 g/mol. The first-order chi connectivity index (χ1) is 16.1. The molecule has 0 aliphatic carbocycles. The third kappa shape index (κ3) is 6.37. The quantitative estimate of drug-likeness (QED) is 0.473. The SMILES string of the molecule is CC(=O)N(Cc1ccc(CF)nc1)Cc1cc(C(F)(F)F)ccc1-c1cncc(CC(=O)O)c1. The van der Waals surface area contributed by atoms with Crippen molar-refractivity contribution in [1.82, 2.24) is 14.9 Å². The number of benzene rings is 1. The summed E-state index contributed by atoms with van der Waals surface area (Å²) in [5.74, 6) is -1.45. The smallest absolute Gasteiger partial charge is 0.416 e. The van der Waals surface area contributed by atoms with E-state index in [2.05, 4.69) is 9.97 Å². The number of aromatic nitrogens is 2.